The zero-order chi connectivity index (χ0) is 20.4. The second kappa shape index (κ2) is 7.92. The van der Waals surface area contributed by atoms with Crippen LogP contribution in [0.1, 0.15) is 19.8 Å². The molecule has 1 aromatic carbocycles. The van der Waals surface area contributed by atoms with Crippen LogP contribution in [0.5, 0.6) is 0 Å². The first-order valence-electron chi connectivity index (χ1n) is 9.90. The number of benzene rings is 1. The standard InChI is InChI=1S/C20H25N5O4/c1-16-19(26)24(17-5-3-2-4-6-17)15-20(29-16)8-11-22(12-9-20)13-14-23-10-7-18(21-23)25(27)28/h2-7,10,16H,8-9,11-15H2,1H3. The predicted octanol–water partition coefficient (Wildman–Crippen LogP) is 2.08. The van der Waals surface area contributed by atoms with Crippen molar-refractivity contribution in [1.29, 1.82) is 0 Å². The lowest BCUT2D eigenvalue weighted by molar-refractivity contribution is -0.389. The van der Waals surface area contributed by atoms with E-state index in [2.05, 4.69) is 10.00 Å². The highest BCUT2D eigenvalue weighted by Crippen LogP contribution is 2.34. The molecule has 2 aliphatic heterocycles. The van der Waals surface area contributed by atoms with Crippen molar-refractivity contribution in [1.82, 2.24) is 14.7 Å². The lowest BCUT2D eigenvalue weighted by atomic mass is 9.88. The van der Waals surface area contributed by atoms with Crippen molar-refractivity contribution < 1.29 is 14.5 Å². The minimum Gasteiger partial charge on any atom is -0.360 e. The number of anilines is 1. The molecular formula is C20H25N5O4. The van der Waals surface area contributed by atoms with Gasteiger partial charge in [-0.3, -0.25) is 4.79 Å². The van der Waals surface area contributed by atoms with Gasteiger partial charge in [-0.1, -0.05) is 18.2 Å². The molecule has 2 fully saturated rings. The van der Waals surface area contributed by atoms with E-state index in [4.69, 9.17) is 4.74 Å². The third kappa shape index (κ3) is 4.15. The van der Waals surface area contributed by atoms with Crippen molar-refractivity contribution in [2.75, 3.05) is 31.1 Å². The van der Waals surface area contributed by atoms with E-state index >= 15 is 0 Å². The number of piperidine rings is 1. The third-order valence-corrected chi connectivity index (χ3v) is 5.78. The summed E-state index contributed by atoms with van der Waals surface area (Å²) in [5.41, 5.74) is 0.583. The van der Waals surface area contributed by atoms with Gasteiger partial charge in [0.15, 0.2) is 0 Å². The second-order valence-electron chi connectivity index (χ2n) is 7.74. The summed E-state index contributed by atoms with van der Waals surface area (Å²) in [4.78, 5) is 27.1. The maximum absolute atomic E-state index is 12.7. The first-order chi connectivity index (χ1) is 14.0. The van der Waals surface area contributed by atoms with Crippen LogP contribution in [-0.4, -0.2) is 63.4 Å². The molecule has 2 saturated heterocycles. The second-order valence-corrected chi connectivity index (χ2v) is 7.74. The van der Waals surface area contributed by atoms with E-state index in [1.807, 2.05) is 42.2 Å². The molecule has 0 aliphatic carbocycles. The molecule has 0 bridgehead atoms. The van der Waals surface area contributed by atoms with Crippen molar-refractivity contribution in [2.24, 2.45) is 0 Å². The summed E-state index contributed by atoms with van der Waals surface area (Å²) < 4.78 is 7.82. The van der Waals surface area contributed by atoms with Crippen LogP contribution in [0.2, 0.25) is 0 Å². The van der Waals surface area contributed by atoms with E-state index in [1.54, 1.807) is 10.9 Å². The van der Waals surface area contributed by atoms with Gasteiger partial charge in [-0.25, -0.2) is 0 Å². The zero-order valence-corrected chi connectivity index (χ0v) is 16.4. The van der Waals surface area contributed by atoms with Crippen LogP contribution in [0.3, 0.4) is 0 Å². The molecule has 1 aromatic heterocycles. The lowest BCUT2D eigenvalue weighted by Gasteiger charge is -2.49. The van der Waals surface area contributed by atoms with Crippen molar-refractivity contribution >= 4 is 17.4 Å². The van der Waals surface area contributed by atoms with Gasteiger partial charge in [-0.15, -0.1) is 0 Å². The molecule has 1 amide bonds. The topological polar surface area (TPSA) is 93.7 Å². The number of likely N-dealkylation sites (tertiary alicyclic amines) is 1. The first-order valence-corrected chi connectivity index (χ1v) is 9.90. The van der Waals surface area contributed by atoms with Gasteiger partial charge in [-0.05, 0) is 36.8 Å². The highest BCUT2D eigenvalue weighted by molar-refractivity contribution is 5.97. The van der Waals surface area contributed by atoms with Gasteiger partial charge in [0.2, 0.25) is 0 Å². The number of hydrogen-bond acceptors (Lipinski definition) is 6. The Morgan fingerprint density at radius 1 is 1.21 bits per heavy atom. The van der Waals surface area contributed by atoms with E-state index in [-0.39, 0.29) is 17.3 Å². The average Bonchev–Trinajstić information content (AvgIpc) is 3.21. The Labute approximate surface area is 169 Å². The van der Waals surface area contributed by atoms with Crippen LogP contribution in [0.4, 0.5) is 11.5 Å². The summed E-state index contributed by atoms with van der Waals surface area (Å²) in [5, 5.41) is 14.7. The van der Waals surface area contributed by atoms with Crippen LogP contribution in [0.25, 0.3) is 0 Å². The number of rotatable bonds is 5. The number of carbonyl (C=O) groups excluding carboxylic acids is 1. The third-order valence-electron chi connectivity index (χ3n) is 5.78. The molecule has 0 N–H and O–H groups in total. The molecule has 9 heteroatoms. The monoisotopic (exact) mass is 399 g/mol. The number of para-hydroxylation sites is 1. The molecule has 9 nitrogen and oxygen atoms in total. The fourth-order valence-corrected chi connectivity index (χ4v) is 4.15. The Morgan fingerprint density at radius 3 is 2.59 bits per heavy atom. The molecule has 3 heterocycles. The lowest BCUT2D eigenvalue weighted by Crippen LogP contribution is -2.61. The summed E-state index contributed by atoms with van der Waals surface area (Å²) in [6.45, 7) is 5.48. The summed E-state index contributed by atoms with van der Waals surface area (Å²) in [7, 11) is 0. The Hall–Kier alpha value is -2.78. The van der Waals surface area contributed by atoms with Gasteiger partial charge in [0.25, 0.3) is 5.91 Å². The van der Waals surface area contributed by atoms with Crippen molar-refractivity contribution in [3.05, 3.63) is 52.7 Å². The highest BCUT2D eigenvalue weighted by atomic mass is 16.6. The molecule has 4 rings (SSSR count). The Bertz CT molecular complexity index is 876. The quantitative estimate of drug-likeness (QED) is 0.564. The predicted molar refractivity (Wildman–Crippen MR) is 107 cm³/mol. The smallest absolute Gasteiger partial charge is 0.360 e. The number of carbonyl (C=O) groups is 1. The molecular weight excluding hydrogens is 374 g/mol. The molecule has 0 radical (unpaired) electrons. The van der Waals surface area contributed by atoms with Crippen LogP contribution < -0.4 is 4.90 Å². The van der Waals surface area contributed by atoms with Gasteiger partial charge in [0.05, 0.1) is 36.1 Å². The number of morpholine rings is 1. The van der Waals surface area contributed by atoms with Crippen molar-refractivity contribution in [3.63, 3.8) is 0 Å². The summed E-state index contributed by atoms with van der Waals surface area (Å²) in [6, 6.07) is 11.2. The minimum atomic E-state index is -0.484. The van der Waals surface area contributed by atoms with Crippen LogP contribution in [0, 0.1) is 10.1 Å². The molecule has 29 heavy (non-hydrogen) atoms. The fourth-order valence-electron chi connectivity index (χ4n) is 4.15. The van der Waals surface area contributed by atoms with Gasteiger partial charge in [-0.2, -0.15) is 4.68 Å². The number of ether oxygens (including phenoxy) is 1. The van der Waals surface area contributed by atoms with Crippen LogP contribution in [-0.2, 0) is 16.1 Å². The number of nitrogens with zero attached hydrogens (tertiary/aromatic N) is 5. The molecule has 154 valence electrons. The van der Waals surface area contributed by atoms with E-state index in [9.17, 15) is 14.9 Å². The van der Waals surface area contributed by atoms with E-state index < -0.39 is 11.0 Å². The molecule has 1 atom stereocenters. The van der Waals surface area contributed by atoms with Gasteiger partial charge in [0, 0.05) is 25.3 Å². The molecule has 0 saturated carbocycles. The Morgan fingerprint density at radius 2 is 1.93 bits per heavy atom. The molecule has 2 aliphatic rings. The number of aromatic nitrogens is 2. The molecule has 1 spiro atoms. The number of amides is 1. The highest BCUT2D eigenvalue weighted by Gasteiger charge is 2.45. The maximum Gasteiger partial charge on any atom is 0.389 e. The fraction of sp³-hybridized carbons (Fsp3) is 0.500. The number of hydrogen-bond donors (Lipinski definition) is 0. The summed E-state index contributed by atoms with van der Waals surface area (Å²) in [6.07, 6.45) is 2.86. The van der Waals surface area contributed by atoms with E-state index in [1.165, 1.54) is 6.07 Å². The zero-order valence-electron chi connectivity index (χ0n) is 16.4. The largest absolute Gasteiger partial charge is 0.389 e. The molecule has 1 unspecified atom stereocenters. The van der Waals surface area contributed by atoms with Crippen LogP contribution in [0.15, 0.2) is 42.6 Å². The maximum atomic E-state index is 12.7. The SMILES string of the molecule is CC1OC2(CCN(CCn3ccc([N+](=O)[O-])n3)CC2)CN(c2ccccc2)C1=O. The van der Waals surface area contributed by atoms with Crippen LogP contribution >= 0.6 is 0 Å². The first kappa shape index (κ1) is 19.5. The van der Waals surface area contributed by atoms with E-state index in [0.717, 1.165) is 38.2 Å². The normalized spacial score (nSPS) is 22.2. The van der Waals surface area contributed by atoms with Gasteiger partial charge < -0.3 is 24.7 Å². The Balaban J connectivity index is 1.36. The average molecular weight is 399 g/mol. The van der Waals surface area contributed by atoms with Crippen molar-refractivity contribution in [2.45, 2.75) is 38.0 Å². The van der Waals surface area contributed by atoms with Gasteiger partial charge in [0.1, 0.15) is 6.10 Å². The summed E-state index contributed by atoms with van der Waals surface area (Å²) in [5.74, 6) is -0.123. The van der Waals surface area contributed by atoms with E-state index in [0.29, 0.717) is 13.1 Å². The summed E-state index contributed by atoms with van der Waals surface area (Å²) >= 11 is 0. The van der Waals surface area contributed by atoms with Gasteiger partial charge >= 0.3 is 5.82 Å². The Kier molecular flexibility index (Phi) is 5.33. The molecule has 2 aromatic rings. The number of nitro groups is 1. The van der Waals surface area contributed by atoms with Crippen molar-refractivity contribution in [3.8, 4) is 0 Å². The minimum absolute atomic E-state index is 0.00420.